The van der Waals surface area contributed by atoms with Gasteiger partial charge in [-0.1, -0.05) is 129 Å². The molecule has 0 atom stereocenters. The molecular formula is C47H32N2O. The van der Waals surface area contributed by atoms with Crippen LogP contribution in [-0.4, -0.2) is 9.97 Å². The average Bonchev–Trinajstić information content (AvgIpc) is 3.65. The average molecular weight is 641 g/mol. The van der Waals surface area contributed by atoms with Gasteiger partial charge in [0, 0.05) is 32.9 Å². The van der Waals surface area contributed by atoms with Crippen molar-refractivity contribution >= 4 is 32.7 Å². The predicted octanol–water partition coefficient (Wildman–Crippen LogP) is 12.5. The van der Waals surface area contributed by atoms with Gasteiger partial charge >= 0.3 is 0 Å². The van der Waals surface area contributed by atoms with E-state index in [0.717, 1.165) is 50.0 Å². The van der Waals surface area contributed by atoms with Crippen LogP contribution < -0.4 is 0 Å². The van der Waals surface area contributed by atoms with E-state index >= 15 is 0 Å². The molecule has 0 N–H and O–H groups in total. The van der Waals surface area contributed by atoms with E-state index in [9.17, 15) is 0 Å². The zero-order valence-corrected chi connectivity index (χ0v) is 27.8. The summed E-state index contributed by atoms with van der Waals surface area (Å²) in [4.78, 5) is 10.2. The molecule has 0 fully saturated rings. The Balaban J connectivity index is 1.09. The number of para-hydroxylation sites is 1. The molecule has 0 spiro atoms. The monoisotopic (exact) mass is 640 g/mol. The summed E-state index contributed by atoms with van der Waals surface area (Å²) in [5.41, 5.74) is 14.4. The summed E-state index contributed by atoms with van der Waals surface area (Å²) < 4.78 is 6.12. The van der Waals surface area contributed by atoms with Gasteiger partial charge in [-0.05, 0) is 86.6 Å². The van der Waals surface area contributed by atoms with E-state index in [-0.39, 0.29) is 5.41 Å². The lowest BCUT2D eigenvalue weighted by molar-refractivity contribution is 0.661. The van der Waals surface area contributed by atoms with Gasteiger partial charge in [0.1, 0.15) is 11.2 Å². The fraction of sp³-hybridized carbons (Fsp3) is 0.0638. The molecule has 1 aliphatic carbocycles. The van der Waals surface area contributed by atoms with Crippen LogP contribution >= 0.6 is 0 Å². The van der Waals surface area contributed by atoms with Crippen molar-refractivity contribution in [2.75, 3.05) is 0 Å². The fourth-order valence-electron chi connectivity index (χ4n) is 7.88. The SMILES string of the molecule is CC1(C)c2cc3ccccc3cc2-c2c(-c3ccc(-c4cc(-c5ccc6oc7ccccc7c6c5)nc(-c5ccccc5)n4)cc3)cccc21. The summed E-state index contributed by atoms with van der Waals surface area (Å²) in [6.07, 6.45) is 0. The Morgan fingerprint density at radius 3 is 1.92 bits per heavy atom. The Morgan fingerprint density at radius 1 is 0.440 bits per heavy atom. The molecule has 0 aliphatic heterocycles. The second kappa shape index (κ2) is 10.8. The van der Waals surface area contributed by atoms with Gasteiger partial charge < -0.3 is 4.42 Å². The van der Waals surface area contributed by atoms with E-state index in [0.29, 0.717) is 5.82 Å². The number of hydrogen-bond acceptors (Lipinski definition) is 3. The van der Waals surface area contributed by atoms with Crippen molar-refractivity contribution < 1.29 is 4.42 Å². The first-order valence-electron chi connectivity index (χ1n) is 17.2. The molecule has 0 amide bonds. The van der Waals surface area contributed by atoms with Gasteiger partial charge in [-0.15, -0.1) is 0 Å². The van der Waals surface area contributed by atoms with Crippen molar-refractivity contribution in [3.8, 4) is 56.2 Å². The quantitative estimate of drug-likeness (QED) is 0.192. The zero-order chi connectivity index (χ0) is 33.4. The molecule has 2 aromatic heterocycles. The van der Waals surface area contributed by atoms with Crippen molar-refractivity contribution in [2.24, 2.45) is 0 Å². The summed E-state index contributed by atoms with van der Waals surface area (Å²) in [6.45, 7) is 4.70. The molecule has 3 heteroatoms. The van der Waals surface area contributed by atoms with E-state index in [4.69, 9.17) is 14.4 Å². The third kappa shape index (κ3) is 4.44. The minimum Gasteiger partial charge on any atom is -0.456 e. The first-order chi connectivity index (χ1) is 24.5. The summed E-state index contributed by atoms with van der Waals surface area (Å²) in [5, 5.41) is 4.74. The Bertz CT molecular complexity index is 2770. The van der Waals surface area contributed by atoms with E-state index in [1.807, 2.05) is 36.4 Å². The van der Waals surface area contributed by atoms with Gasteiger partial charge in [-0.2, -0.15) is 0 Å². The van der Waals surface area contributed by atoms with Crippen molar-refractivity contribution in [2.45, 2.75) is 19.3 Å². The van der Waals surface area contributed by atoms with Crippen LogP contribution in [0, 0.1) is 0 Å². The normalized spacial score (nSPS) is 13.2. The first kappa shape index (κ1) is 28.7. The fourth-order valence-corrected chi connectivity index (χ4v) is 7.88. The molecule has 236 valence electrons. The molecule has 2 heterocycles. The topological polar surface area (TPSA) is 38.9 Å². The van der Waals surface area contributed by atoms with Crippen LogP contribution in [0.25, 0.3) is 88.9 Å². The summed E-state index contributed by atoms with van der Waals surface area (Å²) in [7, 11) is 0. The number of rotatable bonds is 4. The van der Waals surface area contributed by atoms with Gasteiger partial charge in [0.05, 0.1) is 11.4 Å². The molecule has 0 bridgehead atoms. The predicted molar refractivity (Wildman–Crippen MR) is 206 cm³/mol. The largest absolute Gasteiger partial charge is 0.456 e. The number of benzene rings is 7. The molecule has 0 saturated heterocycles. The third-order valence-electron chi connectivity index (χ3n) is 10.5. The van der Waals surface area contributed by atoms with Crippen LogP contribution in [0.15, 0.2) is 162 Å². The number of furan rings is 1. The molecule has 9 aromatic rings. The Kier molecular flexibility index (Phi) is 6.22. The standard InChI is InChI=1S/C47H32N2O/c1-47(2)39-17-10-16-35(45(39)38-25-32-13-6-7-14-33(32)27-40(38)47)29-19-21-30(22-20-29)41-28-42(49-46(48-41)31-11-4-3-5-12-31)34-23-24-44-37(26-34)36-15-8-9-18-43(36)50-44/h3-28H,1-2H3. The second-order valence-corrected chi connectivity index (χ2v) is 13.8. The summed E-state index contributed by atoms with van der Waals surface area (Å²) >= 11 is 0. The highest BCUT2D eigenvalue weighted by atomic mass is 16.3. The maximum absolute atomic E-state index is 6.12. The number of hydrogen-bond donors (Lipinski definition) is 0. The van der Waals surface area contributed by atoms with Gasteiger partial charge in [0.25, 0.3) is 0 Å². The highest BCUT2D eigenvalue weighted by Gasteiger charge is 2.37. The molecule has 0 radical (unpaired) electrons. The molecular weight excluding hydrogens is 609 g/mol. The second-order valence-electron chi connectivity index (χ2n) is 13.8. The van der Waals surface area contributed by atoms with Crippen LogP contribution in [0.3, 0.4) is 0 Å². The van der Waals surface area contributed by atoms with Crippen LogP contribution in [0.5, 0.6) is 0 Å². The van der Waals surface area contributed by atoms with Crippen molar-refractivity contribution in [1.82, 2.24) is 9.97 Å². The number of fused-ring (bicyclic) bond motifs is 7. The molecule has 1 aliphatic rings. The highest BCUT2D eigenvalue weighted by Crippen LogP contribution is 2.53. The summed E-state index contributed by atoms with van der Waals surface area (Å²) in [5.74, 6) is 0.700. The molecule has 0 saturated carbocycles. The van der Waals surface area contributed by atoms with Crippen LogP contribution in [0.2, 0.25) is 0 Å². The first-order valence-corrected chi connectivity index (χ1v) is 17.2. The lowest BCUT2D eigenvalue weighted by Gasteiger charge is -2.22. The third-order valence-corrected chi connectivity index (χ3v) is 10.5. The van der Waals surface area contributed by atoms with E-state index < -0.39 is 0 Å². The van der Waals surface area contributed by atoms with Crippen molar-refractivity contribution in [1.29, 1.82) is 0 Å². The van der Waals surface area contributed by atoms with Crippen molar-refractivity contribution in [3.63, 3.8) is 0 Å². The lowest BCUT2D eigenvalue weighted by Crippen LogP contribution is -2.14. The van der Waals surface area contributed by atoms with E-state index in [1.165, 1.54) is 44.2 Å². The van der Waals surface area contributed by atoms with Gasteiger partial charge in [-0.3, -0.25) is 0 Å². The highest BCUT2D eigenvalue weighted by molar-refractivity contribution is 6.06. The lowest BCUT2D eigenvalue weighted by atomic mass is 9.81. The van der Waals surface area contributed by atoms with Crippen LogP contribution in [-0.2, 0) is 5.41 Å². The van der Waals surface area contributed by atoms with E-state index in [1.54, 1.807) is 0 Å². The minimum atomic E-state index is -0.0817. The Hall–Kier alpha value is -6.32. The minimum absolute atomic E-state index is 0.0817. The molecule has 7 aromatic carbocycles. The molecule has 10 rings (SSSR count). The summed E-state index contributed by atoms with van der Waals surface area (Å²) in [6, 6.07) is 55.9. The Morgan fingerprint density at radius 2 is 1.10 bits per heavy atom. The van der Waals surface area contributed by atoms with Crippen LogP contribution in [0.1, 0.15) is 25.0 Å². The van der Waals surface area contributed by atoms with E-state index in [2.05, 4.69) is 135 Å². The maximum Gasteiger partial charge on any atom is 0.160 e. The zero-order valence-electron chi connectivity index (χ0n) is 27.8. The van der Waals surface area contributed by atoms with Crippen molar-refractivity contribution in [3.05, 3.63) is 169 Å². The number of nitrogens with zero attached hydrogens (tertiary/aromatic N) is 2. The van der Waals surface area contributed by atoms with Gasteiger partial charge in [0.2, 0.25) is 0 Å². The molecule has 50 heavy (non-hydrogen) atoms. The number of aromatic nitrogens is 2. The van der Waals surface area contributed by atoms with Gasteiger partial charge in [0.15, 0.2) is 5.82 Å². The molecule has 0 unspecified atom stereocenters. The molecule has 3 nitrogen and oxygen atoms in total. The van der Waals surface area contributed by atoms with Crippen LogP contribution in [0.4, 0.5) is 0 Å². The smallest absolute Gasteiger partial charge is 0.160 e. The maximum atomic E-state index is 6.12. The Labute approximate surface area is 290 Å². The van der Waals surface area contributed by atoms with Gasteiger partial charge in [-0.25, -0.2) is 9.97 Å².